The van der Waals surface area contributed by atoms with Crippen molar-refractivity contribution in [2.75, 3.05) is 33.2 Å². The van der Waals surface area contributed by atoms with Crippen LogP contribution in [0.25, 0.3) is 0 Å². The molecule has 23 heavy (non-hydrogen) atoms. The van der Waals surface area contributed by atoms with Crippen LogP contribution < -0.4 is 10.6 Å². The number of nitrogens with zero attached hydrogens (tertiary/aromatic N) is 2. The quantitative estimate of drug-likeness (QED) is 0.395. The molecule has 2 N–H and O–H groups in total. The molecule has 136 valence electrons. The number of alkyl halides is 3. The standard InChI is InChI=1S/C15H27F3N4.HI/c1-19-14(21-13-5-3-2-4-6-13)20-9-12-7-8-22(10-12)11-15(16,17)18;/h12-13H,2-11H2,1H3,(H2,19,20,21);1H. The fourth-order valence-electron chi connectivity index (χ4n) is 3.35. The molecule has 0 aromatic heterocycles. The number of aliphatic imine (C=N–C) groups is 1. The molecule has 2 aliphatic rings. The maximum Gasteiger partial charge on any atom is 0.401 e. The Morgan fingerprint density at radius 3 is 2.48 bits per heavy atom. The Balaban J connectivity index is 0.00000264. The van der Waals surface area contributed by atoms with Crippen LogP contribution in [0.4, 0.5) is 13.2 Å². The van der Waals surface area contributed by atoms with E-state index in [1.165, 1.54) is 37.0 Å². The van der Waals surface area contributed by atoms with Crippen LogP contribution in [0.2, 0.25) is 0 Å². The molecule has 0 bridgehead atoms. The Labute approximate surface area is 153 Å². The van der Waals surface area contributed by atoms with Crippen LogP contribution in [-0.2, 0) is 0 Å². The minimum Gasteiger partial charge on any atom is -0.356 e. The van der Waals surface area contributed by atoms with Crippen LogP contribution in [0, 0.1) is 5.92 Å². The number of hydrogen-bond donors (Lipinski definition) is 2. The van der Waals surface area contributed by atoms with Crippen molar-refractivity contribution in [1.29, 1.82) is 0 Å². The molecule has 0 spiro atoms. The van der Waals surface area contributed by atoms with Gasteiger partial charge in [-0.1, -0.05) is 19.3 Å². The van der Waals surface area contributed by atoms with Crippen molar-refractivity contribution in [3.05, 3.63) is 0 Å². The summed E-state index contributed by atoms with van der Waals surface area (Å²) in [6.07, 6.45) is 2.87. The fraction of sp³-hybridized carbons (Fsp3) is 0.933. The fourth-order valence-corrected chi connectivity index (χ4v) is 3.35. The predicted octanol–water partition coefficient (Wildman–Crippen LogP) is 2.99. The van der Waals surface area contributed by atoms with Gasteiger partial charge in [-0.25, -0.2) is 0 Å². The van der Waals surface area contributed by atoms with Gasteiger partial charge in [0, 0.05) is 26.2 Å². The average Bonchev–Trinajstić information content (AvgIpc) is 2.90. The van der Waals surface area contributed by atoms with E-state index < -0.39 is 12.7 Å². The number of hydrogen-bond acceptors (Lipinski definition) is 2. The SMILES string of the molecule is CN=C(NCC1CCN(CC(F)(F)F)C1)NC1CCCCC1.I. The Bertz CT molecular complexity index is 370. The van der Waals surface area contributed by atoms with Gasteiger partial charge in [0.05, 0.1) is 6.54 Å². The Kier molecular flexibility index (Phi) is 8.95. The summed E-state index contributed by atoms with van der Waals surface area (Å²) in [7, 11) is 1.74. The van der Waals surface area contributed by atoms with Crippen LogP contribution >= 0.6 is 24.0 Å². The largest absolute Gasteiger partial charge is 0.401 e. The van der Waals surface area contributed by atoms with Gasteiger partial charge in [-0.05, 0) is 31.7 Å². The molecule has 0 aromatic rings. The van der Waals surface area contributed by atoms with Crippen molar-refractivity contribution in [3.8, 4) is 0 Å². The van der Waals surface area contributed by atoms with E-state index in [2.05, 4.69) is 15.6 Å². The summed E-state index contributed by atoms with van der Waals surface area (Å²) in [5.41, 5.74) is 0. The second-order valence-corrected chi connectivity index (χ2v) is 6.44. The second-order valence-electron chi connectivity index (χ2n) is 6.44. The first-order valence-corrected chi connectivity index (χ1v) is 8.22. The summed E-state index contributed by atoms with van der Waals surface area (Å²) in [6.45, 7) is 0.923. The molecular weight excluding hydrogens is 420 g/mol. The van der Waals surface area contributed by atoms with Gasteiger partial charge in [0.2, 0.25) is 0 Å². The first-order chi connectivity index (χ1) is 10.5. The van der Waals surface area contributed by atoms with Gasteiger partial charge in [0.25, 0.3) is 0 Å². The van der Waals surface area contributed by atoms with Gasteiger partial charge in [-0.15, -0.1) is 24.0 Å². The van der Waals surface area contributed by atoms with E-state index in [-0.39, 0.29) is 29.9 Å². The maximum atomic E-state index is 12.4. The third-order valence-electron chi connectivity index (χ3n) is 4.50. The minimum absolute atomic E-state index is 0. The highest BCUT2D eigenvalue weighted by atomic mass is 127. The van der Waals surface area contributed by atoms with Crippen LogP contribution in [0.3, 0.4) is 0 Å². The van der Waals surface area contributed by atoms with E-state index in [9.17, 15) is 13.2 Å². The highest BCUT2D eigenvalue weighted by Crippen LogP contribution is 2.22. The Morgan fingerprint density at radius 2 is 1.87 bits per heavy atom. The topological polar surface area (TPSA) is 39.7 Å². The third-order valence-corrected chi connectivity index (χ3v) is 4.50. The number of likely N-dealkylation sites (tertiary alicyclic amines) is 1. The smallest absolute Gasteiger partial charge is 0.356 e. The summed E-state index contributed by atoms with van der Waals surface area (Å²) >= 11 is 0. The number of rotatable bonds is 4. The number of halogens is 4. The molecule has 1 heterocycles. The summed E-state index contributed by atoms with van der Waals surface area (Å²) in [4.78, 5) is 5.71. The molecule has 4 nitrogen and oxygen atoms in total. The highest BCUT2D eigenvalue weighted by molar-refractivity contribution is 14.0. The molecule has 1 aliphatic carbocycles. The van der Waals surface area contributed by atoms with E-state index in [1.54, 1.807) is 7.05 Å². The molecule has 1 atom stereocenters. The van der Waals surface area contributed by atoms with E-state index in [1.807, 2.05) is 0 Å². The van der Waals surface area contributed by atoms with Gasteiger partial charge in [0.15, 0.2) is 5.96 Å². The average molecular weight is 448 g/mol. The van der Waals surface area contributed by atoms with Gasteiger partial charge in [-0.3, -0.25) is 9.89 Å². The molecule has 0 radical (unpaired) electrons. The lowest BCUT2D eigenvalue weighted by atomic mass is 9.96. The Morgan fingerprint density at radius 1 is 1.17 bits per heavy atom. The molecule has 1 unspecified atom stereocenters. The zero-order valence-corrected chi connectivity index (χ0v) is 16.0. The van der Waals surface area contributed by atoms with E-state index in [4.69, 9.17) is 0 Å². The summed E-state index contributed by atoms with van der Waals surface area (Å²) in [5, 5.41) is 6.70. The van der Waals surface area contributed by atoms with Crippen molar-refractivity contribution >= 4 is 29.9 Å². The zero-order chi connectivity index (χ0) is 16.0. The number of nitrogens with one attached hydrogen (secondary N) is 2. The number of guanidine groups is 1. The molecule has 1 aliphatic heterocycles. The van der Waals surface area contributed by atoms with Crippen molar-refractivity contribution in [2.45, 2.75) is 50.7 Å². The van der Waals surface area contributed by atoms with Gasteiger partial charge in [0.1, 0.15) is 0 Å². The second kappa shape index (κ2) is 9.90. The van der Waals surface area contributed by atoms with Gasteiger partial charge >= 0.3 is 6.18 Å². The molecule has 8 heteroatoms. The van der Waals surface area contributed by atoms with E-state index >= 15 is 0 Å². The lowest BCUT2D eigenvalue weighted by molar-refractivity contribution is -0.143. The zero-order valence-electron chi connectivity index (χ0n) is 13.7. The Hall–Kier alpha value is -0.250. The summed E-state index contributed by atoms with van der Waals surface area (Å²) in [6, 6.07) is 0.477. The summed E-state index contributed by atoms with van der Waals surface area (Å²) in [5.74, 6) is 1.04. The highest BCUT2D eigenvalue weighted by Gasteiger charge is 2.34. The van der Waals surface area contributed by atoms with Gasteiger partial charge in [-0.2, -0.15) is 13.2 Å². The maximum absolute atomic E-state index is 12.4. The normalized spacial score (nSPS) is 24.3. The van der Waals surface area contributed by atoms with Gasteiger partial charge < -0.3 is 10.6 Å². The van der Waals surface area contributed by atoms with Crippen LogP contribution in [0.5, 0.6) is 0 Å². The monoisotopic (exact) mass is 448 g/mol. The van der Waals surface area contributed by atoms with E-state index in [0.29, 0.717) is 25.7 Å². The van der Waals surface area contributed by atoms with Crippen molar-refractivity contribution in [3.63, 3.8) is 0 Å². The lowest BCUT2D eigenvalue weighted by Gasteiger charge is -2.25. The first-order valence-electron chi connectivity index (χ1n) is 8.22. The van der Waals surface area contributed by atoms with Crippen LogP contribution in [-0.4, -0.2) is 56.3 Å². The minimum atomic E-state index is -4.10. The van der Waals surface area contributed by atoms with Crippen molar-refractivity contribution in [1.82, 2.24) is 15.5 Å². The molecule has 0 aromatic carbocycles. The molecule has 0 amide bonds. The molecule has 2 fully saturated rings. The molecular formula is C15H28F3IN4. The summed E-state index contributed by atoms with van der Waals surface area (Å²) < 4.78 is 37.1. The predicted molar refractivity (Wildman–Crippen MR) is 97.4 cm³/mol. The third kappa shape index (κ3) is 7.91. The van der Waals surface area contributed by atoms with E-state index in [0.717, 1.165) is 12.4 Å². The first kappa shape index (κ1) is 20.8. The van der Waals surface area contributed by atoms with Crippen molar-refractivity contribution in [2.24, 2.45) is 10.9 Å². The van der Waals surface area contributed by atoms with Crippen LogP contribution in [0.1, 0.15) is 38.5 Å². The molecule has 1 saturated heterocycles. The molecule has 2 rings (SSSR count). The van der Waals surface area contributed by atoms with Crippen LogP contribution in [0.15, 0.2) is 4.99 Å². The molecule has 1 saturated carbocycles. The lowest BCUT2D eigenvalue weighted by Crippen LogP contribution is -2.45. The van der Waals surface area contributed by atoms with Crippen molar-refractivity contribution < 1.29 is 13.2 Å².